The van der Waals surface area contributed by atoms with Crippen LogP contribution in [0.1, 0.15) is 19.3 Å². The van der Waals surface area contributed by atoms with Crippen molar-refractivity contribution < 1.29 is 13.2 Å². The summed E-state index contributed by atoms with van der Waals surface area (Å²) in [5.41, 5.74) is 0.836. The van der Waals surface area contributed by atoms with E-state index in [1.807, 2.05) is 17.0 Å². The summed E-state index contributed by atoms with van der Waals surface area (Å²) in [6, 6.07) is 7.19. The fourth-order valence-corrected chi connectivity index (χ4v) is 5.35. The average molecular weight is 389 g/mol. The molecule has 0 saturated carbocycles. The Morgan fingerprint density at radius 3 is 2.67 bits per heavy atom. The van der Waals surface area contributed by atoms with Gasteiger partial charge in [-0.05, 0) is 55.7 Å². The number of benzene rings is 1. The lowest BCUT2D eigenvalue weighted by Gasteiger charge is -2.33. The summed E-state index contributed by atoms with van der Waals surface area (Å²) >= 11 is 11.5. The topological polar surface area (TPSA) is 58.6 Å². The van der Waals surface area contributed by atoms with E-state index in [2.05, 4.69) is 5.32 Å². The molecule has 24 heavy (non-hydrogen) atoms. The minimum atomic E-state index is -2.97. The third-order valence-corrected chi connectivity index (χ3v) is 6.77. The van der Waals surface area contributed by atoms with E-state index < -0.39 is 9.84 Å². The second kappa shape index (κ2) is 7.56. The van der Waals surface area contributed by atoms with Crippen LogP contribution in [0, 0.1) is 0 Å². The van der Waals surface area contributed by atoms with Crippen molar-refractivity contribution in [3.63, 3.8) is 0 Å². The Hall–Kier alpha value is -0.890. The Morgan fingerprint density at radius 1 is 1.33 bits per heavy atom. The van der Waals surface area contributed by atoms with Crippen molar-refractivity contribution >= 4 is 44.5 Å². The monoisotopic (exact) mass is 388 g/mol. The van der Waals surface area contributed by atoms with Gasteiger partial charge in [-0.3, -0.25) is 0 Å². The second-order valence-corrected chi connectivity index (χ2v) is 9.33. The molecule has 2 heterocycles. The second-order valence-electron chi connectivity index (χ2n) is 6.28. The lowest BCUT2D eigenvalue weighted by molar-refractivity contribution is 0.0851. The van der Waals surface area contributed by atoms with Crippen LogP contribution in [0.5, 0.6) is 0 Å². The van der Waals surface area contributed by atoms with Gasteiger partial charge in [-0.15, -0.1) is 0 Å². The highest BCUT2D eigenvalue weighted by molar-refractivity contribution is 7.91. The molecule has 132 valence electrons. The predicted molar refractivity (Wildman–Crippen MR) is 100 cm³/mol. The molecule has 2 fully saturated rings. The SMILES string of the molecule is O=S1(=O)CC[C@H](N(C[C@H]2CCCO2)C(=S)Nc2ccc(Cl)cc2)C1. The van der Waals surface area contributed by atoms with E-state index in [9.17, 15) is 8.42 Å². The van der Waals surface area contributed by atoms with E-state index in [1.54, 1.807) is 12.1 Å². The molecule has 1 aromatic rings. The minimum absolute atomic E-state index is 0.0912. The molecule has 1 N–H and O–H groups in total. The van der Waals surface area contributed by atoms with Gasteiger partial charge >= 0.3 is 0 Å². The highest BCUT2D eigenvalue weighted by atomic mass is 35.5. The van der Waals surface area contributed by atoms with Crippen LogP contribution in [0.15, 0.2) is 24.3 Å². The van der Waals surface area contributed by atoms with Crippen molar-refractivity contribution in [3.8, 4) is 0 Å². The van der Waals surface area contributed by atoms with Crippen molar-refractivity contribution in [2.75, 3.05) is 30.0 Å². The number of hydrogen-bond acceptors (Lipinski definition) is 4. The Labute approximate surface area is 153 Å². The summed E-state index contributed by atoms with van der Waals surface area (Å²) in [4.78, 5) is 1.99. The van der Waals surface area contributed by atoms with Gasteiger partial charge < -0.3 is 15.0 Å². The largest absolute Gasteiger partial charge is 0.376 e. The molecule has 0 bridgehead atoms. The van der Waals surface area contributed by atoms with Crippen molar-refractivity contribution in [3.05, 3.63) is 29.3 Å². The summed E-state index contributed by atoms with van der Waals surface area (Å²) in [5.74, 6) is 0.380. The number of halogens is 1. The zero-order valence-electron chi connectivity index (χ0n) is 13.3. The van der Waals surface area contributed by atoms with Gasteiger partial charge in [0.1, 0.15) is 0 Å². The zero-order chi connectivity index (χ0) is 17.2. The summed E-state index contributed by atoms with van der Waals surface area (Å²) < 4.78 is 29.4. The molecule has 0 aromatic heterocycles. The minimum Gasteiger partial charge on any atom is -0.376 e. The van der Waals surface area contributed by atoms with E-state index in [4.69, 9.17) is 28.6 Å². The van der Waals surface area contributed by atoms with Crippen LogP contribution in [0.25, 0.3) is 0 Å². The van der Waals surface area contributed by atoms with Crippen LogP contribution < -0.4 is 5.32 Å². The number of ether oxygens (including phenoxy) is 1. The molecule has 2 aliphatic rings. The molecule has 5 nitrogen and oxygen atoms in total. The predicted octanol–water partition coefficient (Wildman–Crippen LogP) is 2.70. The maximum absolute atomic E-state index is 11.9. The van der Waals surface area contributed by atoms with Crippen molar-refractivity contribution in [1.29, 1.82) is 0 Å². The van der Waals surface area contributed by atoms with Crippen molar-refractivity contribution in [2.24, 2.45) is 0 Å². The molecule has 0 spiro atoms. The van der Waals surface area contributed by atoms with Gasteiger partial charge in [0, 0.05) is 29.9 Å². The number of rotatable bonds is 4. The van der Waals surface area contributed by atoms with Gasteiger partial charge in [-0.2, -0.15) is 0 Å². The fraction of sp³-hybridized carbons (Fsp3) is 0.562. The van der Waals surface area contributed by atoms with Crippen LogP contribution in [0.4, 0.5) is 5.69 Å². The molecular weight excluding hydrogens is 368 g/mol. The first-order chi connectivity index (χ1) is 11.4. The number of nitrogens with zero attached hydrogens (tertiary/aromatic N) is 1. The van der Waals surface area contributed by atoms with Crippen molar-refractivity contribution in [1.82, 2.24) is 4.90 Å². The number of anilines is 1. The molecule has 3 rings (SSSR count). The number of thiocarbonyl (C=S) groups is 1. The lowest BCUT2D eigenvalue weighted by Crippen LogP contribution is -2.47. The molecular formula is C16H21ClN2O3S2. The van der Waals surface area contributed by atoms with Crippen LogP contribution >= 0.6 is 23.8 Å². The van der Waals surface area contributed by atoms with Crippen LogP contribution in [0.2, 0.25) is 5.02 Å². The van der Waals surface area contributed by atoms with Crippen LogP contribution in [-0.2, 0) is 14.6 Å². The zero-order valence-corrected chi connectivity index (χ0v) is 15.7. The maximum atomic E-state index is 11.9. The molecule has 2 atom stereocenters. The van der Waals surface area contributed by atoms with Crippen LogP contribution in [-0.4, -0.2) is 55.2 Å². The molecule has 1 aromatic carbocycles. The third kappa shape index (κ3) is 4.59. The van der Waals surface area contributed by atoms with Gasteiger partial charge in [0.05, 0.1) is 17.6 Å². The lowest BCUT2D eigenvalue weighted by atomic mass is 10.2. The van der Waals surface area contributed by atoms with E-state index in [1.165, 1.54) is 0 Å². The van der Waals surface area contributed by atoms with Crippen molar-refractivity contribution in [2.45, 2.75) is 31.4 Å². The summed E-state index contributed by atoms with van der Waals surface area (Å²) in [6.45, 7) is 1.39. The molecule has 0 aliphatic carbocycles. The quantitative estimate of drug-likeness (QED) is 0.800. The van der Waals surface area contributed by atoms with Gasteiger partial charge in [0.15, 0.2) is 14.9 Å². The van der Waals surface area contributed by atoms with Gasteiger partial charge in [-0.25, -0.2) is 8.42 Å². The number of sulfone groups is 1. The van der Waals surface area contributed by atoms with E-state index in [0.717, 1.165) is 25.1 Å². The molecule has 0 amide bonds. The Morgan fingerprint density at radius 2 is 2.08 bits per heavy atom. The summed E-state index contributed by atoms with van der Waals surface area (Å²) in [7, 11) is -2.97. The summed E-state index contributed by atoms with van der Waals surface area (Å²) in [6.07, 6.45) is 2.74. The fourth-order valence-electron chi connectivity index (χ4n) is 3.16. The Bertz CT molecular complexity index is 688. The number of nitrogens with one attached hydrogen (secondary N) is 1. The third-order valence-electron chi connectivity index (χ3n) is 4.43. The Balaban J connectivity index is 1.72. The average Bonchev–Trinajstić information content (AvgIpc) is 3.16. The highest BCUT2D eigenvalue weighted by Gasteiger charge is 2.35. The van der Waals surface area contributed by atoms with E-state index in [-0.39, 0.29) is 23.7 Å². The van der Waals surface area contributed by atoms with E-state index in [0.29, 0.717) is 23.1 Å². The van der Waals surface area contributed by atoms with Gasteiger partial charge in [0.2, 0.25) is 0 Å². The van der Waals surface area contributed by atoms with E-state index >= 15 is 0 Å². The smallest absolute Gasteiger partial charge is 0.173 e. The molecule has 2 saturated heterocycles. The normalized spacial score (nSPS) is 25.5. The molecule has 0 unspecified atom stereocenters. The number of hydrogen-bond donors (Lipinski definition) is 1. The molecule has 2 aliphatic heterocycles. The maximum Gasteiger partial charge on any atom is 0.173 e. The summed E-state index contributed by atoms with van der Waals surface area (Å²) in [5, 5.41) is 4.39. The van der Waals surface area contributed by atoms with Crippen LogP contribution in [0.3, 0.4) is 0 Å². The highest BCUT2D eigenvalue weighted by Crippen LogP contribution is 2.23. The molecule has 8 heteroatoms. The van der Waals surface area contributed by atoms with Gasteiger partial charge in [-0.1, -0.05) is 11.6 Å². The first kappa shape index (κ1) is 17.9. The van der Waals surface area contributed by atoms with Gasteiger partial charge in [0.25, 0.3) is 0 Å². The standard InChI is InChI=1S/C16H21ClN2O3S2/c17-12-3-5-13(6-4-12)18-16(23)19(10-15-2-1-8-22-15)14-7-9-24(20,21)11-14/h3-6,14-15H,1-2,7-11H2,(H,18,23)/t14-,15+/m0/s1. The molecule has 0 radical (unpaired) electrons. The first-order valence-corrected chi connectivity index (χ1v) is 10.7. The Kier molecular flexibility index (Phi) is 5.64. The first-order valence-electron chi connectivity index (χ1n) is 8.08.